The molecule has 130 valence electrons. The van der Waals surface area contributed by atoms with Crippen molar-refractivity contribution in [1.82, 2.24) is 19.4 Å². The number of imidazole rings is 1. The summed E-state index contributed by atoms with van der Waals surface area (Å²) in [5.41, 5.74) is 2.28. The fourth-order valence-corrected chi connectivity index (χ4v) is 3.80. The highest BCUT2D eigenvalue weighted by Gasteiger charge is 2.19. The van der Waals surface area contributed by atoms with Gasteiger partial charge in [-0.3, -0.25) is 9.69 Å². The van der Waals surface area contributed by atoms with E-state index in [2.05, 4.69) is 52.9 Å². The zero-order valence-corrected chi connectivity index (χ0v) is 14.9. The van der Waals surface area contributed by atoms with Gasteiger partial charge in [0, 0.05) is 58.5 Å². The second-order valence-electron chi connectivity index (χ2n) is 6.84. The molecule has 1 aromatic heterocycles. The first kappa shape index (κ1) is 16.1. The Kier molecular flexibility index (Phi) is 4.17. The first-order valence-corrected chi connectivity index (χ1v) is 8.94. The number of carbonyl (C=O) groups excluding carboxylic acids is 1. The van der Waals surface area contributed by atoms with E-state index in [1.165, 1.54) is 16.3 Å². The van der Waals surface area contributed by atoms with Crippen LogP contribution < -0.4 is 0 Å². The second kappa shape index (κ2) is 6.48. The third kappa shape index (κ3) is 3.00. The van der Waals surface area contributed by atoms with E-state index in [0.29, 0.717) is 0 Å². The number of fused-ring (bicyclic) bond motifs is 3. The summed E-state index contributed by atoms with van der Waals surface area (Å²) in [7, 11) is 2.12. The van der Waals surface area contributed by atoms with Crippen molar-refractivity contribution in [1.29, 1.82) is 0 Å². The van der Waals surface area contributed by atoms with Crippen molar-refractivity contribution in [3.63, 3.8) is 0 Å². The van der Waals surface area contributed by atoms with Crippen molar-refractivity contribution in [2.75, 3.05) is 32.7 Å². The van der Waals surface area contributed by atoms with E-state index in [4.69, 9.17) is 4.98 Å². The summed E-state index contributed by atoms with van der Waals surface area (Å²) in [4.78, 5) is 20.6. The van der Waals surface area contributed by atoms with Crippen LogP contribution in [0.2, 0.25) is 0 Å². The Balaban J connectivity index is 1.52. The van der Waals surface area contributed by atoms with Gasteiger partial charge in [0.15, 0.2) is 0 Å². The normalized spacial score (nSPS) is 16.0. The number of carbonyl (C=O) groups is 1. The summed E-state index contributed by atoms with van der Waals surface area (Å²) in [6, 6.07) is 12.7. The van der Waals surface area contributed by atoms with Crippen molar-refractivity contribution in [3.8, 4) is 0 Å². The van der Waals surface area contributed by atoms with Gasteiger partial charge in [-0.1, -0.05) is 30.3 Å². The molecule has 0 N–H and O–H groups in total. The van der Waals surface area contributed by atoms with Gasteiger partial charge >= 0.3 is 0 Å². The molecule has 25 heavy (non-hydrogen) atoms. The van der Waals surface area contributed by atoms with E-state index in [9.17, 15) is 4.79 Å². The molecule has 2 aromatic carbocycles. The summed E-state index contributed by atoms with van der Waals surface area (Å²) < 4.78 is 2.24. The zero-order valence-electron chi connectivity index (χ0n) is 14.9. The van der Waals surface area contributed by atoms with E-state index in [1.807, 2.05) is 4.90 Å². The first-order chi connectivity index (χ1) is 12.1. The zero-order chi connectivity index (χ0) is 17.4. The lowest BCUT2D eigenvalue weighted by atomic mass is 10.1. The van der Waals surface area contributed by atoms with Gasteiger partial charge in [0.2, 0.25) is 5.91 Å². The summed E-state index contributed by atoms with van der Waals surface area (Å²) in [6.07, 6.45) is 0.930. The quantitative estimate of drug-likeness (QED) is 0.738. The number of rotatable bonds is 3. The van der Waals surface area contributed by atoms with Crippen LogP contribution in [0.4, 0.5) is 0 Å². The Hall–Kier alpha value is -2.40. The van der Waals surface area contributed by atoms with E-state index < -0.39 is 0 Å². The van der Waals surface area contributed by atoms with Gasteiger partial charge in [-0.05, 0) is 11.5 Å². The van der Waals surface area contributed by atoms with Crippen LogP contribution in [0, 0.1) is 0 Å². The summed E-state index contributed by atoms with van der Waals surface area (Å²) in [5, 5.41) is 2.52. The highest BCUT2D eigenvalue weighted by atomic mass is 16.2. The lowest BCUT2D eigenvalue weighted by Crippen LogP contribution is -2.48. The lowest BCUT2D eigenvalue weighted by molar-refractivity contribution is -0.130. The van der Waals surface area contributed by atoms with Gasteiger partial charge in [-0.2, -0.15) is 0 Å². The van der Waals surface area contributed by atoms with Crippen molar-refractivity contribution in [2.24, 2.45) is 7.05 Å². The van der Waals surface area contributed by atoms with Gasteiger partial charge in [-0.15, -0.1) is 0 Å². The molecule has 0 saturated carbocycles. The van der Waals surface area contributed by atoms with Crippen LogP contribution in [0.1, 0.15) is 12.7 Å². The molecule has 3 aromatic rings. The van der Waals surface area contributed by atoms with E-state index >= 15 is 0 Å². The monoisotopic (exact) mass is 336 g/mol. The number of benzene rings is 2. The molecule has 1 saturated heterocycles. The number of nitrogens with zero attached hydrogens (tertiary/aromatic N) is 4. The first-order valence-electron chi connectivity index (χ1n) is 8.94. The van der Waals surface area contributed by atoms with Crippen molar-refractivity contribution in [3.05, 3.63) is 42.2 Å². The molecule has 5 heteroatoms. The summed E-state index contributed by atoms with van der Waals surface area (Å²) >= 11 is 0. The van der Waals surface area contributed by atoms with Crippen LogP contribution in [-0.2, 0) is 18.3 Å². The molecule has 0 aliphatic carbocycles. The third-order valence-electron chi connectivity index (χ3n) is 5.32. The maximum absolute atomic E-state index is 11.4. The molecule has 0 unspecified atom stereocenters. The van der Waals surface area contributed by atoms with Gasteiger partial charge in [0.25, 0.3) is 0 Å². The molecule has 5 nitrogen and oxygen atoms in total. The van der Waals surface area contributed by atoms with Crippen molar-refractivity contribution in [2.45, 2.75) is 13.3 Å². The number of hydrogen-bond acceptors (Lipinski definition) is 3. The average Bonchev–Trinajstić information content (AvgIpc) is 2.96. The molecule has 1 aliphatic heterocycles. The van der Waals surface area contributed by atoms with Crippen molar-refractivity contribution < 1.29 is 4.79 Å². The Morgan fingerprint density at radius 1 is 1.08 bits per heavy atom. The largest absolute Gasteiger partial charge is 0.340 e. The number of amides is 1. The maximum atomic E-state index is 11.4. The van der Waals surface area contributed by atoms with Crippen LogP contribution in [-0.4, -0.2) is 58.0 Å². The molecular formula is C20H24N4O. The number of aromatic nitrogens is 2. The molecular weight excluding hydrogens is 312 g/mol. The minimum absolute atomic E-state index is 0.182. The van der Waals surface area contributed by atoms with E-state index in [0.717, 1.165) is 50.5 Å². The molecule has 4 rings (SSSR count). The van der Waals surface area contributed by atoms with Crippen LogP contribution in [0.25, 0.3) is 21.8 Å². The number of piperazine rings is 1. The van der Waals surface area contributed by atoms with Gasteiger partial charge in [-0.25, -0.2) is 4.98 Å². The van der Waals surface area contributed by atoms with Crippen LogP contribution >= 0.6 is 0 Å². The topological polar surface area (TPSA) is 41.4 Å². The molecule has 1 amide bonds. The highest BCUT2D eigenvalue weighted by Crippen LogP contribution is 2.25. The van der Waals surface area contributed by atoms with Crippen LogP contribution in [0.3, 0.4) is 0 Å². The van der Waals surface area contributed by atoms with E-state index in [1.54, 1.807) is 6.92 Å². The van der Waals surface area contributed by atoms with Crippen LogP contribution in [0.15, 0.2) is 36.4 Å². The van der Waals surface area contributed by atoms with Gasteiger partial charge < -0.3 is 9.47 Å². The summed E-state index contributed by atoms with van der Waals surface area (Å²) in [5.74, 6) is 1.31. The Morgan fingerprint density at radius 2 is 1.84 bits per heavy atom. The predicted octanol–water partition coefficient (Wildman–Crippen LogP) is 2.43. The molecule has 0 spiro atoms. The third-order valence-corrected chi connectivity index (χ3v) is 5.32. The van der Waals surface area contributed by atoms with Gasteiger partial charge in [0.1, 0.15) is 5.82 Å². The fraction of sp³-hybridized carbons (Fsp3) is 0.400. The Labute approximate surface area is 147 Å². The van der Waals surface area contributed by atoms with Crippen molar-refractivity contribution >= 4 is 27.7 Å². The summed E-state index contributed by atoms with van der Waals surface area (Å²) in [6.45, 7) is 6.21. The smallest absolute Gasteiger partial charge is 0.219 e. The Bertz CT molecular complexity index is 922. The molecule has 0 bridgehead atoms. The van der Waals surface area contributed by atoms with Crippen LogP contribution in [0.5, 0.6) is 0 Å². The minimum atomic E-state index is 0.182. The average molecular weight is 336 g/mol. The Morgan fingerprint density at radius 3 is 2.60 bits per heavy atom. The molecule has 0 atom stereocenters. The standard InChI is InChI=1S/C20H24N4O/c1-15(25)24-13-11-23(12-14-24)10-9-19-21-18-8-7-16-5-3-4-6-17(16)20(18)22(19)2/h3-8H,9-14H2,1-2H3. The molecule has 2 heterocycles. The molecule has 1 fully saturated rings. The molecule has 0 radical (unpaired) electrons. The van der Waals surface area contributed by atoms with E-state index in [-0.39, 0.29) is 5.91 Å². The number of hydrogen-bond donors (Lipinski definition) is 0. The fourth-order valence-electron chi connectivity index (χ4n) is 3.80. The lowest BCUT2D eigenvalue weighted by Gasteiger charge is -2.34. The van der Waals surface area contributed by atoms with Gasteiger partial charge in [0.05, 0.1) is 11.0 Å². The molecule has 1 aliphatic rings. The predicted molar refractivity (Wildman–Crippen MR) is 101 cm³/mol. The second-order valence-corrected chi connectivity index (χ2v) is 6.84. The highest BCUT2D eigenvalue weighted by molar-refractivity contribution is 6.04. The maximum Gasteiger partial charge on any atom is 0.219 e. The minimum Gasteiger partial charge on any atom is -0.340 e. The number of aryl methyl sites for hydroxylation is 1. The SMILES string of the molecule is CC(=O)N1CCN(CCc2nc3ccc4ccccc4c3n2C)CC1.